The van der Waals surface area contributed by atoms with Crippen molar-refractivity contribution in [2.45, 2.75) is 20.5 Å². The van der Waals surface area contributed by atoms with E-state index in [4.69, 9.17) is 0 Å². The van der Waals surface area contributed by atoms with Crippen molar-refractivity contribution in [3.63, 3.8) is 0 Å². The molecule has 0 aliphatic carbocycles. The van der Waals surface area contributed by atoms with Crippen LogP contribution in [0, 0.1) is 13.8 Å². The number of halogens is 2. The molecule has 0 heterocycles. The Bertz CT molecular complexity index is 521. The number of rotatable bonds is 2. The Balaban J connectivity index is 2.62. The van der Waals surface area contributed by atoms with Crippen LogP contribution in [0.1, 0.15) is 11.1 Å². The number of ether oxygens (including phenoxy) is 1. The molecule has 2 aromatic rings. The highest BCUT2D eigenvalue weighted by atomic mass is 19.3. The van der Waals surface area contributed by atoms with Gasteiger partial charge in [-0.3, -0.25) is 0 Å². The zero-order valence-corrected chi connectivity index (χ0v) is 9.13. The average Bonchev–Trinajstić information content (AvgIpc) is 2.20. The van der Waals surface area contributed by atoms with Crippen molar-refractivity contribution in [1.82, 2.24) is 0 Å². The van der Waals surface area contributed by atoms with E-state index >= 15 is 0 Å². The molecule has 0 amide bonds. The van der Waals surface area contributed by atoms with Crippen LogP contribution in [0.3, 0.4) is 0 Å². The number of benzene rings is 2. The Morgan fingerprint density at radius 2 is 1.75 bits per heavy atom. The zero-order chi connectivity index (χ0) is 11.7. The summed E-state index contributed by atoms with van der Waals surface area (Å²) in [6.07, 6.45) is 0. The molecule has 0 atom stereocenters. The molecule has 0 N–H and O–H groups in total. The summed E-state index contributed by atoms with van der Waals surface area (Å²) in [5.41, 5.74) is 2.21. The van der Waals surface area contributed by atoms with Gasteiger partial charge in [-0.2, -0.15) is 8.78 Å². The van der Waals surface area contributed by atoms with Crippen LogP contribution in [-0.4, -0.2) is 6.61 Å². The molecule has 0 unspecified atom stereocenters. The van der Waals surface area contributed by atoms with Gasteiger partial charge in [-0.15, -0.1) is 0 Å². The number of aryl methyl sites for hydroxylation is 2. The molecule has 0 aliphatic rings. The molecule has 0 bridgehead atoms. The predicted octanol–water partition coefficient (Wildman–Crippen LogP) is 4.06. The van der Waals surface area contributed by atoms with Gasteiger partial charge in [0.15, 0.2) is 0 Å². The minimum atomic E-state index is -2.78. The van der Waals surface area contributed by atoms with Crippen LogP contribution in [0.2, 0.25) is 0 Å². The highest BCUT2D eigenvalue weighted by Gasteiger charge is 2.08. The molecule has 3 heteroatoms. The first-order chi connectivity index (χ1) is 7.58. The van der Waals surface area contributed by atoms with Crippen molar-refractivity contribution in [2.24, 2.45) is 0 Å². The lowest BCUT2D eigenvalue weighted by Gasteiger charge is -2.10. The van der Waals surface area contributed by atoms with Crippen LogP contribution < -0.4 is 4.74 Å². The van der Waals surface area contributed by atoms with E-state index in [1.807, 2.05) is 32.0 Å². The third-order valence-corrected chi connectivity index (χ3v) is 2.67. The lowest BCUT2D eigenvalue weighted by molar-refractivity contribution is -0.0487. The molecule has 0 aliphatic heterocycles. The Kier molecular flexibility index (Phi) is 2.77. The summed E-state index contributed by atoms with van der Waals surface area (Å²) >= 11 is 0. The molecule has 0 fully saturated rings. The molecule has 0 spiro atoms. The van der Waals surface area contributed by atoms with Gasteiger partial charge in [0.25, 0.3) is 0 Å². The first-order valence-electron chi connectivity index (χ1n) is 5.02. The molecular formula is C13H12F2O. The number of fused-ring (bicyclic) bond motifs is 1. The topological polar surface area (TPSA) is 9.23 Å². The van der Waals surface area contributed by atoms with E-state index in [9.17, 15) is 8.78 Å². The van der Waals surface area contributed by atoms with E-state index in [1.165, 1.54) is 0 Å². The molecule has 0 saturated carbocycles. The first-order valence-corrected chi connectivity index (χ1v) is 5.02. The standard InChI is InChI=1S/C13H12F2O/c1-8-6-10-4-3-5-12(16-13(14)15)11(10)7-9(8)2/h3-7,13H,1-2H3. The van der Waals surface area contributed by atoms with E-state index in [0.717, 1.165) is 21.9 Å². The zero-order valence-electron chi connectivity index (χ0n) is 9.13. The SMILES string of the molecule is Cc1cc2cccc(OC(F)F)c2cc1C. The predicted molar refractivity (Wildman–Crippen MR) is 60.1 cm³/mol. The Labute approximate surface area is 92.7 Å². The lowest BCUT2D eigenvalue weighted by atomic mass is 10.0. The summed E-state index contributed by atoms with van der Waals surface area (Å²) in [4.78, 5) is 0. The summed E-state index contributed by atoms with van der Waals surface area (Å²) in [5.74, 6) is 0.232. The third-order valence-electron chi connectivity index (χ3n) is 2.67. The largest absolute Gasteiger partial charge is 0.434 e. The lowest BCUT2D eigenvalue weighted by Crippen LogP contribution is -2.02. The highest BCUT2D eigenvalue weighted by Crippen LogP contribution is 2.29. The van der Waals surface area contributed by atoms with Crippen LogP contribution in [-0.2, 0) is 0 Å². The molecule has 0 saturated heterocycles. The second kappa shape index (κ2) is 4.08. The highest BCUT2D eigenvalue weighted by molar-refractivity contribution is 5.89. The van der Waals surface area contributed by atoms with E-state index in [2.05, 4.69) is 4.74 Å². The molecular weight excluding hydrogens is 210 g/mol. The summed E-state index contributed by atoms with van der Waals surface area (Å²) < 4.78 is 28.9. The monoisotopic (exact) mass is 222 g/mol. The number of alkyl halides is 2. The summed E-state index contributed by atoms with van der Waals surface area (Å²) in [6, 6.07) is 9.02. The molecule has 2 rings (SSSR count). The fourth-order valence-electron chi connectivity index (χ4n) is 1.72. The van der Waals surface area contributed by atoms with E-state index in [-0.39, 0.29) is 5.75 Å². The van der Waals surface area contributed by atoms with Crippen molar-refractivity contribution < 1.29 is 13.5 Å². The molecule has 2 aromatic carbocycles. The van der Waals surface area contributed by atoms with Crippen LogP contribution in [0.15, 0.2) is 30.3 Å². The van der Waals surface area contributed by atoms with Crippen molar-refractivity contribution in [2.75, 3.05) is 0 Å². The quantitative estimate of drug-likeness (QED) is 0.744. The van der Waals surface area contributed by atoms with Gasteiger partial charge in [0, 0.05) is 5.39 Å². The van der Waals surface area contributed by atoms with Gasteiger partial charge < -0.3 is 4.74 Å². The molecule has 0 aromatic heterocycles. The molecule has 16 heavy (non-hydrogen) atoms. The van der Waals surface area contributed by atoms with Crippen molar-refractivity contribution in [1.29, 1.82) is 0 Å². The second-order valence-corrected chi connectivity index (χ2v) is 3.79. The maximum absolute atomic E-state index is 12.2. The first kappa shape index (κ1) is 10.9. The van der Waals surface area contributed by atoms with Gasteiger partial charge in [-0.05, 0) is 42.5 Å². The molecule has 1 nitrogen and oxygen atoms in total. The second-order valence-electron chi connectivity index (χ2n) is 3.79. The summed E-state index contributed by atoms with van der Waals surface area (Å²) in [6.45, 7) is 1.16. The third kappa shape index (κ3) is 1.98. The van der Waals surface area contributed by atoms with Crippen molar-refractivity contribution >= 4 is 10.8 Å². The number of hydrogen-bond acceptors (Lipinski definition) is 1. The minimum Gasteiger partial charge on any atom is -0.434 e. The van der Waals surface area contributed by atoms with Gasteiger partial charge in [-0.25, -0.2) is 0 Å². The average molecular weight is 222 g/mol. The Hall–Kier alpha value is -1.64. The summed E-state index contributed by atoms with van der Waals surface area (Å²) in [7, 11) is 0. The fourth-order valence-corrected chi connectivity index (χ4v) is 1.72. The normalized spacial score (nSPS) is 11.1. The van der Waals surface area contributed by atoms with Crippen LogP contribution in [0.5, 0.6) is 5.75 Å². The minimum absolute atomic E-state index is 0.232. The van der Waals surface area contributed by atoms with E-state index in [1.54, 1.807) is 12.1 Å². The maximum atomic E-state index is 12.2. The summed E-state index contributed by atoms with van der Waals surface area (Å²) in [5, 5.41) is 1.65. The van der Waals surface area contributed by atoms with Crippen molar-refractivity contribution in [3.8, 4) is 5.75 Å². The van der Waals surface area contributed by atoms with Crippen LogP contribution >= 0.6 is 0 Å². The Morgan fingerprint density at radius 3 is 2.44 bits per heavy atom. The molecule has 0 radical (unpaired) electrons. The van der Waals surface area contributed by atoms with Gasteiger partial charge in [0.1, 0.15) is 5.75 Å². The Morgan fingerprint density at radius 1 is 1.06 bits per heavy atom. The van der Waals surface area contributed by atoms with Crippen LogP contribution in [0.25, 0.3) is 10.8 Å². The maximum Gasteiger partial charge on any atom is 0.387 e. The van der Waals surface area contributed by atoms with Gasteiger partial charge in [0.05, 0.1) is 0 Å². The van der Waals surface area contributed by atoms with Gasteiger partial charge in [0.2, 0.25) is 0 Å². The number of hydrogen-bond donors (Lipinski definition) is 0. The van der Waals surface area contributed by atoms with E-state index < -0.39 is 6.61 Å². The smallest absolute Gasteiger partial charge is 0.387 e. The van der Waals surface area contributed by atoms with Crippen molar-refractivity contribution in [3.05, 3.63) is 41.5 Å². The fraction of sp³-hybridized carbons (Fsp3) is 0.231. The van der Waals surface area contributed by atoms with E-state index in [0.29, 0.717) is 0 Å². The molecule has 84 valence electrons. The van der Waals surface area contributed by atoms with Gasteiger partial charge in [-0.1, -0.05) is 18.2 Å². The van der Waals surface area contributed by atoms with Gasteiger partial charge >= 0.3 is 6.61 Å². The van der Waals surface area contributed by atoms with Crippen LogP contribution in [0.4, 0.5) is 8.78 Å².